The van der Waals surface area contributed by atoms with Crippen LogP contribution in [0.2, 0.25) is 0 Å². The second-order valence-electron chi connectivity index (χ2n) is 4.76. The first-order valence-corrected chi connectivity index (χ1v) is 7.26. The highest BCUT2D eigenvalue weighted by Crippen LogP contribution is 2.24. The van der Waals surface area contributed by atoms with E-state index < -0.39 is 0 Å². The van der Waals surface area contributed by atoms with Crippen molar-refractivity contribution in [3.05, 3.63) is 28.7 Å². The van der Waals surface area contributed by atoms with Crippen LogP contribution in [-0.2, 0) is 6.42 Å². The van der Waals surface area contributed by atoms with Gasteiger partial charge in [-0.2, -0.15) is 4.98 Å². The molecule has 0 amide bonds. The molecule has 1 aliphatic heterocycles. The molecule has 1 aliphatic rings. The normalized spacial score (nSPS) is 19.5. The average Bonchev–Trinajstić information content (AvgIpc) is 2.89. The quantitative estimate of drug-likeness (QED) is 0.940. The van der Waals surface area contributed by atoms with E-state index in [2.05, 4.69) is 36.4 Å². The molecule has 0 spiro atoms. The molecule has 100 valence electrons. The second-order valence-corrected chi connectivity index (χ2v) is 5.62. The van der Waals surface area contributed by atoms with Crippen LogP contribution in [-0.4, -0.2) is 28.2 Å². The van der Waals surface area contributed by atoms with Gasteiger partial charge in [0.1, 0.15) is 5.69 Å². The molecule has 1 N–H and O–H groups in total. The third-order valence-electron chi connectivity index (χ3n) is 3.30. The number of rotatable bonds is 3. The molecule has 0 saturated carbocycles. The minimum Gasteiger partial charge on any atom is -0.339 e. The van der Waals surface area contributed by atoms with Gasteiger partial charge in [-0.1, -0.05) is 5.16 Å². The Labute approximate surface area is 119 Å². The number of piperidine rings is 1. The van der Waals surface area contributed by atoms with Crippen LogP contribution < -0.4 is 5.32 Å². The van der Waals surface area contributed by atoms with Crippen LogP contribution in [0.25, 0.3) is 11.5 Å². The molecule has 1 unspecified atom stereocenters. The van der Waals surface area contributed by atoms with E-state index in [9.17, 15) is 0 Å². The van der Waals surface area contributed by atoms with Crippen molar-refractivity contribution in [1.82, 2.24) is 20.4 Å². The van der Waals surface area contributed by atoms with Gasteiger partial charge in [-0.3, -0.25) is 4.98 Å². The smallest absolute Gasteiger partial charge is 0.227 e. The Morgan fingerprint density at radius 3 is 3.21 bits per heavy atom. The first-order valence-electron chi connectivity index (χ1n) is 6.47. The Kier molecular flexibility index (Phi) is 3.89. The van der Waals surface area contributed by atoms with Gasteiger partial charge < -0.3 is 9.84 Å². The van der Waals surface area contributed by atoms with Crippen molar-refractivity contribution >= 4 is 15.9 Å². The van der Waals surface area contributed by atoms with E-state index in [4.69, 9.17) is 4.52 Å². The molecule has 0 aromatic carbocycles. The zero-order valence-electron chi connectivity index (χ0n) is 10.5. The molecule has 0 bridgehead atoms. The first-order chi connectivity index (χ1) is 9.33. The Hall–Kier alpha value is -1.27. The van der Waals surface area contributed by atoms with Crippen LogP contribution in [0.3, 0.4) is 0 Å². The number of pyridine rings is 1. The van der Waals surface area contributed by atoms with Crippen molar-refractivity contribution in [1.29, 1.82) is 0 Å². The Morgan fingerprint density at radius 1 is 1.47 bits per heavy atom. The zero-order chi connectivity index (χ0) is 13.1. The van der Waals surface area contributed by atoms with Gasteiger partial charge in [-0.15, -0.1) is 0 Å². The molecule has 0 aliphatic carbocycles. The highest BCUT2D eigenvalue weighted by molar-refractivity contribution is 9.10. The molecule has 6 heteroatoms. The number of hydrogen-bond acceptors (Lipinski definition) is 5. The number of aromatic nitrogens is 3. The maximum atomic E-state index is 5.33. The summed E-state index contributed by atoms with van der Waals surface area (Å²) in [6, 6.07) is 3.78. The molecule has 2 aromatic heterocycles. The van der Waals surface area contributed by atoms with Gasteiger partial charge >= 0.3 is 0 Å². The lowest BCUT2D eigenvalue weighted by Crippen LogP contribution is -2.30. The molecular formula is C13H15BrN4O. The fourth-order valence-electron chi connectivity index (χ4n) is 2.33. The summed E-state index contributed by atoms with van der Waals surface area (Å²) in [7, 11) is 0. The maximum Gasteiger partial charge on any atom is 0.227 e. The van der Waals surface area contributed by atoms with E-state index >= 15 is 0 Å². The average molecular weight is 323 g/mol. The topological polar surface area (TPSA) is 63.8 Å². The number of nitrogens with one attached hydrogen (secondary N) is 1. The van der Waals surface area contributed by atoms with Crippen molar-refractivity contribution in [3.8, 4) is 11.5 Å². The van der Waals surface area contributed by atoms with Gasteiger partial charge in [0.05, 0.1) is 0 Å². The zero-order valence-corrected chi connectivity index (χ0v) is 12.1. The first kappa shape index (κ1) is 12.7. The van der Waals surface area contributed by atoms with Gasteiger partial charge in [-0.05, 0) is 59.9 Å². The molecule has 19 heavy (non-hydrogen) atoms. The summed E-state index contributed by atoms with van der Waals surface area (Å²) in [5.74, 6) is 1.83. The van der Waals surface area contributed by atoms with Gasteiger partial charge in [-0.25, -0.2) is 0 Å². The van der Waals surface area contributed by atoms with Crippen LogP contribution in [0, 0.1) is 5.92 Å². The summed E-state index contributed by atoms with van der Waals surface area (Å²) >= 11 is 3.45. The lowest BCUT2D eigenvalue weighted by Gasteiger charge is -2.20. The summed E-state index contributed by atoms with van der Waals surface area (Å²) in [6.45, 7) is 2.15. The SMILES string of the molecule is Brc1cccnc1-c1noc(CC2CCCNC2)n1. The van der Waals surface area contributed by atoms with E-state index in [1.807, 2.05) is 12.1 Å². The van der Waals surface area contributed by atoms with Gasteiger partial charge in [0.15, 0.2) is 0 Å². The fraction of sp³-hybridized carbons (Fsp3) is 0.462. The molecular weight excluding hydrogens is 308 g/mol. The van der Waals surface area contributed by atoms with Crippen LogP contribution in [0.5, 0.6) is 0 Å². The molecule has 3 heterocycles. The largest absolute Gasteiger partial charge is 0.339 e. The third kappa shape index (κ3) is 3.01. The molecule has 1 saturated heterocycles. The van der Waals surface area contributed by atoms with Crippen LogP contribution in [0.1, 0.15) is 18.7 Å². The summed E-state index contributed by atoms with van der Waals surface area (Å²) < 4.78 is 6.20. The van der Waals surface area contributed by atoms with Crippen LogP contribution >= 0.6 is 15.9 Å². The Morgan fingerprint density at radius 2 is 2.42 bits per heavy atom. The van der Waals surface area contributed by atoms with E-state index in [-0.39, 0.29) is 0 Å². The van der Waals surface area contributed by atoms with Gasteiger partial charge in [0, 0.05) is 17.1 Å². The lowest BCUT2D eigenvalue weighted by molar-refractivity contribution is 0.316. The Bertz CT molecular complexity index is 551. The molecule has 1 atom stereocenters. The van der Waals surface area contributed by atoms with Crippen molar-refractivity contribution in [2.45, 2.75) is 19.3 Å². The summed E-state index contributed by atoms with van der Waals surface area (Å²) in [5.41, 5.74) is 0.722. The van der Waals surface area contributed by atoms with E-state index in [0.717, 1.165) is 29.7 Å². The predicted molar refractivity (Wildman–Crippen MR) is 74.5 cm³/mol. The fourth-order valence-corrected chi connectivity index (χ4v) is 2.76. The van der Waals surface area contributed by atoms with E-state index in [1.54, 1.807) is 6.20 Å². The number of hydrogen-bond donors (Lipinski definition) is 1. The van der Waals surface area contributed by atoms with Crippen molar-refractivity contribution in [3.63, 3.8) is 0 Å². The molecule has 3 rings (SSSR count). The third-order valence-corrected chi connectivity index (χ3v) is 3.94. The standard InChI is InChI=1S/C13H15BrN4O/c14-10-4-2-6-16-12(10)13-17-11(19-18-13)7-9-3-1-5-15-8-9/h2,4,6,9,15H,1,3,5,7-8H2. The highest BCUT2D eigenvalue weighted by Gasteiger charge is 2.18. The molecule has 2 aromatic rings. The molecule has 0 radical (unpaired) electrons. The number of nitrogens with zero attached hydrogens (tertiary/aromatic N) is 3. The maximum absolute atomic E-state index is 5.33. The highest BCUT2D eigenvalue weighted by atomic mass is 79.9. The molecule has 5 nitrogen and oxygen atoms in total. The second kappa shape index (κ2) is 5.79. The van der Waals surface area contributed by atoms with Crippen molar-refractivity contribution < 1.29 is 4.52 Å². The minimum atomic E-state index is 0.547. The monoisotopic (exact) mass is 322 g/mol. The predicted octanol–water partition coefficient (Wildman–Crippen LogP) is 2.44. The lowest BCUT2D eigenvalue weighted by atomic mass is 9.96. The van der Waals surface area contributed by atoms with Gasteiger partial charge in [0.25, 0.3) is 0 Å². The van der Waals surface area contributed by atoms with Gasteiger partial charge in [0.2, 0.25) is 11.7 Å². The van der Waals surface area contributed by atoms with Crippen molar-refractivity contribution in [2.24, 2.45) is 5.92 Å². The summed E-state index contributed by atoms with van der Waals surface area (Å²) in [4.78, 5) is 8.70. The number of halogens is 1. The van der Waals surface area contributed by atoms with E-state index in [0.29, 0.717) is 17.6 Å². The Balaban J connectivity index is 1.74. The summed E-state index contributed by atoms with van der Waals surface area (Å²) in [5, 5.41) is 7.41. The molecule has 1 fully saturated rings. The summed E-state index contributed by atoms with van der Waals surface area (Å²) in [6.07, 6.45) is 5.00. The van der Waals surface area contributed by atoms with Crippen LogP contribution in [0.4, 0.5) is 0 Å². The van der Waals surface area contributed by atoms with Crippen molar-refractivity contribution in [2.75, 3.05) is 13.1 Å². The van der Waals surface area contributed by atoms with Crippen LogP contribution in [0.15, 0.2) is 27.3 Å². The minimum absolute atomic E-state index is 0.547. The van der Waals surface area contributed by atoms with E-state index in [1.165, 1.54) is 12.8 Å².